The number of carbonyl (C=O) groups is 1. The lowest BCUT2D eigenvalue weighted by Crippen LogP contribution is -2.44. The smallest absolute Gasteiger partial charge is 0.410 e. The van der Waals surface area contributed by atoms with Gasteiger partial charge < -0.3 is 14.4 Å². The summed E-state index contributed by atoms with van der Waals surface area (Å²) in [6.45, 7) is 8.44. The maximum atomic E-state index is 12.8. The number of anilines is 1. The number of rotatable bonds is 8. The molecule has 0 saturated carbocycles. The average Bonchev–Trinajstić information content (AvgIpc) is 2.86. The van der Waals surface area contributed by atoms with Crippen LogP contribution in [0.15, 0.2) is 54.6 Å². The van der Waals surface area contributed by atoms with Crippen molar-refractivity contribution in [2.24, 2.45) is 0 Å². The van der Waals surface area contributed by atoms with Gasteiger partial charge >= 0.3 is 6.09 Å². The van der Waals surface area contributed by atoms with E-state index in [0.29, 0.717) is 42.9 Å². The van der Waals surface area contributed by atoms with E-state index >= 15 is 0 Å². The number of benzene rings is 2. The Hall–Kier alpha value is -2.93. The highest BCUT2D eigenvalue weighted by molar-refractivity contribution is 7.92. The van der Waals surface area contributed by atoms with Crippen LogP contribution in [0.3, 0.4) is 0 Å². The molecule has 3 rings (SSSR count). The maximum absolute atomic E-state index is 12.8. The summed E-state index contributed by atoms with van der Waals surface area (Å²) in [6, 6.07) is 16.2. The van der Waals surface area contributed by atoms with Gasteiger partial charge in [0.2, 0.25) is 10.0 Å². The topological polar surface area (TPSA) is 99.9 Å². The summed E-state index contributed by atoms with van der Waals surface area (Å²) < 4.78 is 38.5. The molecule has 2 aromatic carbocycles. The second kappa shape index (κ2) is 15.0. The van der Waals surface area contributed by atoms with E-state index < -0.39 is 15.6 Å². The number of piperidine rings is 1. The molecule has 0 spiro atoms. The molecule has 8 nitrogen and oxygen atoms in total. The van der Waals surface area contributed by atoms with Crippen LogP contribution < -0.4 is 9.04 Å². The van der Waals surface area contributed by atoms with Gasteiger partial charge in [-0.25, -0.2) is 13.2 Å². The number of ether oxygens (including phenoxy) is 2. The Morgan fingerprint density at radius 2 is 1.77 bits per heavy atom. The molecule has 0 aliphatic carbocycles. The van der Waals surface area contributed by atoms with E-state index in [4.69, 9.17) is 14.7 Å². The van der Waals surface area contributed by atoms with Gasteiger partial charge in [0.05, 0.1) is 29.6 Å². The van der Waals surface area contributed by atoms with Gasteiger partial charge in [0.25, 0.3) is 0 Å². The zero-order chi connectivity index (χ0) is 27.1. The van der Waals surface area contributed by atoms with Crippen LogP contribution in [0.25, 0.3) is 6.08 Å². The second-order valence-electron chi connectivity index (χ2n) is 9.85. The van der Waals surface area contributed by atoms with E-state index in [-0.39, 0.29) is 49.3 Å². The highest BCUT2D eigenvalue weighted by atomic mass is 35.5. The minimum Gasteiger partial charge on any atom is -0.490 e. The molecular formula is C28H37Cl2N3O5S. The van der Waals surface area contributed by atoms with Crippen molar-refractivity contribution >= 4 is 52.7 Å². The summed E-state index contributed by atoms with van der Waals surface area (Å²) in [5.74, 6) is 0.622. The normalized spacial score (nSPS) is 14.1. The van der Waals surface area contributed by atoms with Crippen molar-refractivity contribution in [3.8, 4) is 11.8 Å². The molecule has 0 unspecified atom stereocenters. The number of nitriles is 1. The molecule has 0 radical (unpaired) electrons. The standard InChI is InChI=1S/C28H35N3O5S.2ClH/c1-5-37(33,34)31(17-7-10-22-8-6-9-23(20-22)21-29)24-11-13-25(14-12-24)35-26-15-18-30(19-16-26)27(32)36-28(2,3)4;;/h6-14,20,26H,5,15-19H2,1-4H3;2*1H. The van der Waals surface area contributed by atoms with Crippen LogP contribution in [0.1, 0.15) is 51.7 Å². The molecule has 11 heteroatoms. The number of carbonyl (C=O) groups excluding carboxylic acids is 1. The fraction of sp³-hybridized carbons (Fsp3) is 0.429. The first-order valence-electron chi connectivity index (χ1n) is 12.4. The number of halogens is 2. The quantitative estimate of drug-likeness (QED) is 0.367. The highest BCUT2D eigenvalue weighted by Gasteiger charge is 2.28. The van der Waals surface area contributed by atoms with Crippen LogP contribution in [0.4, 0.5) is 10.5 Å². The number of nitrogens with zero attached hydrogens (tertiary/aromatic N) is 3. The summed E-state index contributed by atoms with van der Waals surface area (Å²) in [4.78, 5) is 14.0. The fourth-order valence-corrected chi connectivity index (χ4v) is 4.97. The molecule has 1 amide bonds. The molecule has 0 N–H and O–H groups in total. The first kappa shape index (κ1) is 34.1. The lowest BCUT2D eigenvalue weighted by atomic mass is 10.1. The zero-order valence-corrected chi connectivity index (χ0v) is 25.2. The Morgan fingerprint density at radius 3 is 2.33 bits per heavy atom. The van der Waals surface area contributed by atoms with E-state index in [9.17, 15) is 13.2 Å². The van der Waals surface area contributed by atoms with Crippen LogP contribution in [0.5, 0.6) is 5.75 Å². The number of hydrogen-bond acceptors (Lipinski definition) is 6. The first-order valence-corrected chi connectivity index (χ1v) is 14.0. The van der Waals surface area contributed by atoms with Gasteiger partial charge in [-0.05, 0) is 69.7 Å². The molecular weight excluding hydrogens is 561 g/mol. The molecule has 39 heavy (non-hydrogen) atoms. The molecule has 1 heterocycles. The fourth-order valence-electron chi connectivity index (χ4n) is 3.90. The highest BCUT2D eigenvalue weighted by Crippen LogP contribution is 2.25. The Bertz CT molecular complexity index is 1250. The Labute approximate surface area is 244 Å². The third-order valence-corrected chi connectivity index (χ3v) is 7.58. The number of hydrogen-bond donors (Lipinski definition) is 0. The van der Waals surface area contributed by atoms with Crippen molar-refractivity contribution in [3.05, 3.63) is 65.7 Å². The van der Waals surface area contributed by atoms with Gasteiger partial charge in [-0.15, -0.1) is 24.8 Å². The summed E-state index contributed by atoms with van der Waals surface area (Å²) in [5.41, 5.74) is 1.40. The molecule has 0 aromatic heterocycles. The molecule has 1 fully saturated rings. The Balaban J connectivity index is 0.00000380. The Kier molecular flexibility index (Phi) is 13.1. The van der Waals surface area contributed by atoms with Crippen molar-refractivity contribution in [2.45, 2.75) is 52.2 Å². The van der Waals surface area contributed by atoms with E-state index in [1.54, 1.807) is 66.4 Å². The maximum Gasteiger partial charge on any atom is 0.410 e. The van der Waals surface area contributed by atoms with Crippen LogP contribution in [-0.4, -0.2) is 56.5 Å². The summed E-state index contributed by atoms with van der Waals surface area (Å²) in [5, 5.41) is 9.07. The third kappa shape index (κ3) is 10.3. The molecule has 2 aromatic rings. The molecule has 1 aliphatic heterocycles. The summed E-state index contributed by atoms with van der Waals surface area (Å²) in [7, 11) is -3.51. The lowest BCUT2D eigenvalue weighted by molar-refractivity contribution is 0.0126. The van der Waals surface area contributed by atoms with Gasteiger partial charge in [-0.2, -0.15) is 5.26 Å². The average molecular weight is 599 g/mol. The van der Waals surface area contributed by atoms with Crippen molar-refractivity contribution in [3.63, 3.8) is 0 Å². The zero-order valence-electron chi connectivity index (χ0n) is 22.7. The summed E-state index contributed by atoms with van der Waals surface area (Å²) in [6.07, 6.45) is 4.61. The Morgan fingerprint density at radius 1 is 1.13 bits per heavy atom. The molecule has 214 valence electrons. The second-order valence-corrected chi connectivity index (χ2v) is 12.0. The summed E-state index contributed by atoms with van der Waals surface area (Å²) >= 11 is 0. The van der Waals surface area contributed by atoms with E-state index in [1.165, 1.54) is 4.31 Å². The molecule has 1 saturated heterocycles. The van der Waals surface area contributed by atoms with Gasteiger partial charge in [0, 0.05) is 25.9 Å². The SMILES string of the molecule is CCS(=O)(=O)N(CC=Cc1cccc(C#N)c1)c1ccc(OC2CCN(C(=O)OC(C)(C)C)CC2)cc1.Cl.Cl. The monoisotopic (exact) mass is 597 g/mol. The van der Waals surface area contributed by atoms with Crippen LogP contribution in [0.2, 0.25) is 0 Å². The lowest BCUT2D eigenvalue weighted by Gasteiger charge is -2.33. The van der Waals surface area contributed by atoms with Crippen molar-refractivity contribution in [1.82, 2.24) is 4.90 Å². The molecule has 1 aliphatic rings. The van der Waals surface area contributed by atoms with Gasteiger partial charge in [-0.3, -0.25) is 4.31 Å². The number of amides is 1. The van der Waals surface area contributed by atoms with Crippen molar-refractivity contribution in [2.75, 3.05) is 29.7 Å². The van der Waals surface area contributed by atoms with Crippen LogP contribution in [-0.2, 0) is 14.8 Å². The van der Waals surface area contributed by atoms with Crippen molar-refractivity contribution in [1.29, 1.82) is 5.26 Å². The first-order chi connectivity index (χ1) is 17.5. The van der Waals surface area contributed by atoms with E-state index in [2.05, 4.69) is 6.07 Å². The van der Waals surface area contributed by atoms with Gasteiger partial charge in [0.1, 0.15) is 17.5 Å². The predicted octanol–water partition coefficient (Wildman–Crippen LogP) is 6.05. The van der Waals surface area contributed by atoms with Crippen LogP contribution >= 0.6 is 24.8 Å². The molecule has 0 atom stereocenters. The van der Waals surface area contributed by atoms with E-state index in [1.807, 2.05) is 26.8 Å². The van der Waals surface area contributed by atoms with Crippen molar-refractivity contribution < 1.29 is 22.7 Å². The minimum absolute atomic E-state index is 0. The van der Waals surface area contributed by atoms with Gasteiger partial charge in [-0.1, -0.05) is 24.3 Å². The van der Waals surface area contributed by atoms with Gasteiger partial charge in [0.15, 0.2) is 0 Å². The third-order valence-electron chi connectivity index (χ3n) is 5.82. The largest absolute Gasteiger partial charge is 0.490 e. The molecule has 0 bridgehead atoms. The minimum atomic E-state index is -3.51. The van der Waals surface area contributed by atoms with E-state index in [0.717, 1.165) is 5.56 Å². The number of likely N-dealkylation sites (tertiary alicyclic amines) is 1. The number of sulfonamides is 1. The predicted molar refractivity (Wildman–Crippen MR) is 159 cm³/mol. The van der Waals surface area contributed by atoms with Crippen LogP contribution in [0, 0.1) is 11.3 Å².